The molecule has 0 amide bonds. The maximum atomic E-state index is 14.3. The average molecular weight is 235 g/mol. The molecule has 0 fully saturated rings. The van der Waals surface area contributed by atoms with Gasteiger partial charge in [0.25, 0.3) is 0 Å². The molecular formula is C14H18FNO. The van der Waals surface area contributed by atoms with E-state index < -0.39 is 0 Å². The molecule has 2 nitrogen and oxygen atoms in total. The molecule has 0 aliphatic carbocycles. The Morgan fingerprint density at radius 2 is 2.06 bits per heavy atom. The van der Waals surface area contributed by atoms with Gasteiger partial charge in [-0.05, 0) is 31.4 Å². The van der Waals surface area contributed by atoms with Crippen molar-refractivity contribution >= 4 is 5.90 Å². The van der Waals surface area contributed by atoms with Crippen LogP contribution in [-0.4, -0.2) is 18.0 Å². The molecule has 92 valence electrons. The standard InChI is InChI=1S/C14H18FNO/c1-9(2)10-6-5-7-11(12(10)15)13-16-14(3,4)8-17-13/h5-7,9H,8H2,1-4H3. The molecule has 0 bridgehead atoms. The van der Waals surface area contributed by atoms with E-state index in [1.54, 1.807) is 6.07 Å². The highest BCUT2D eigenvalue weighted by Crippen LogP contribution is 2.26. The Bertz CT molecular complexity index is 463. The Kier molecular flexibility index (Phi) is 2.94. The minimum atomic E-state index is -0.254. The zero-order valence-corrected chi connectivity index (χ0v) is 10.7. The van der Waals surface area contributed by atoms with Crippen LogP contribution >= 0.6 is 0 Å². The summed E-state index contributed by atoms with van der Waals surface area (Å²) in [7, 11) is 0. The third-order valence-corrected chi connectivity index (χ3v) is 2.85. The third-order valence-electron chi connectivity index (χ3n) is 2.85. The molecular weight excluding hydrogens is 217 g/mol. The number of aliphatic imine (C=N–C) groups is 1. The molecule has 0 radical (unpaired) electrons. The molecule has 0 N–H and O–H groups in total. The van der Waals surface area contributed by atoms with Crippen LogP contribution in [0, 0.1) is 5.82 Å². The molecule has 0 aromatic heterocycles. The number of halogens is 1. The molecule has 2 rings (SSSR count). The van der Waals surface area contributed by atoms with Gasteiger partial charge >= 0.3 is 0 Å². The van der Waals surface area contributed by atoms with E-state index in [2.05, 4.69) is 4.99 Å². The molecule has 17 heavy (non-hydrogen) atoms. The third kappa shape index (κ3) is 2.33. The molecule has 1 aliphatic rings. The van der Waals surface area contributed by atoms with E-state index in [1.165, 1.54) is 0 Å². The van der Waals surface area contributed by atoms with Gasteiger partial charge in [0.1, 0.15) is 12.4 Å². The number of benzene rings is 1. The van der Waals surface area contributed by atoms with Gasteiger partial charge in [-0.25, -0.2) is 9.38 Å². The number of rotatable bonds is 2. The Labute approximate surface area is 102 Å². The summed E-state index contributed by atoms with van der Waals surface area (Å²) in [6, 6.07) is 5.39. The van der Waals surface area contributed by atoms with Gasteiger partial charge in [0.15, 0.2) is 0 Å². The van der Waals surface area contributed by atoms with Gasteiger partial charge in [-0.15, -0.1) is 0 Å². The Balaban J connectivity index is 2.44. The van der Waals surface area contributed by atoms with Gasteiger partial charge in [-0.3, -0.25) is 0 Å². The van der Waals surface area contributed by atoms with Gasteiger partial charge < -0.3 is 4.74 Å². The van der Waals surface area contributed by atoms with Crippen LogP contribution in [0.1, 0.15) is 44.7 Å². The van der Waals surface area contributed by atoms with Gasteiger partial charge in [0.05, 0.1) is 11.1 Å². The van der Waals surface area contributed by atoms with E-state index >= 15 is 0 Å². The molecule has 1 aromatic carbocycles. The summed E-state index contributed by atoms with van der Waals surface area (Å²) < 4.78 is 19.7. The van der Waals surface area contributed by atoms with E-state index in [9.17, 15) is 4.39 Å². The minimum Gasteiger partial charge on any atom is -0.475 e. The average Bonchev–Trinajstić information content (AvgIpc) is 2.58. The van der Waals surface area contributed by atoms with Crippen molar-refractivity contribution in [2.75, 3.05) is 6.61 Å². The van der Waals surface area contributed by atoms with Crippen LogP contribution in [0.4, 0.5) is 4.39 Å². The highest BCUT2D eigenvalue weighted by Gasteiger charge is 2.29. The SMILES string of the molecule is CC(C)c1cccc(C2=NC(C)(C)CO2)c1F. The second-order valence-electron chi connectivity index (χ2n) is 5.38. The van der Waals surface area contributed by atoms with E-state index in [1.807, 2.05) is 39.8 Å². The van der Waals surface area contributed by atoms with E-state index in [4.69, 9.17) is 4.74 Å². The van der Waals surface area contributed by atoms with Crippen molar-refractivity contribution in [1.29, 1.82) is 0 Å². The van der Waals surface area contributed by atoms with Crippen molar-refractivity contribution in [1.82, 2.24) is 0 Å². The van der Waals surface area contributed by atoms with Gasteiger partial charge in [-0.2, -0.15) is 0 Å². The topological polar surface area (TPSA) is 21.6 Å². The van der Waals surface area contributed by atoms with E-state index in [0.29, 0.717) is 23.6 Å². The Morgan fingerprint density at radius 1 is 1.35 bits per heavy atom. The Hall–Kier alpha value is -1.38. The first kappa shape index (κ1) is 12.1. The summed E-state index contributed by atoms with van der Waals surface area (Å²) in [6.07, 6.45) is 0. The quantitative estimate of drug-likeness (QED) is 0.768. The van der Waals surface area contributed by atoms with E-state index in [-0.39, 0.29) is 17.3 Å². The molecule has 0 atom stereocenters. The summed E-state index contributed by atoms with van der Waals surface area (Å²) >= 11 is 0. The number of hydrogen-bond donors (Lipinski definition) is 0. The molecule has 0 saturated heterocycles. The normalized spacial score (nSPS) is 18.1. The first-order valence-electron chi connectivity index (χ1n) is 5.92. The second-order valence-corrected chi connectivity index (χ2v) is 5.38. The number of hydrogen-bond acceptors (Lipinski definition) is 2. The monoisotopic (exact) mass is 235 g/mol. The van der Waals surface area contributed by atoms with Gasteiger partial charge in [0.2, 0.25) is 5.90 Å². The summed E-state index contributed by atoms with van der Waals surface area (Å²) in [5.74, 6) is 0.374. The summed E-state index contributed by atoms with van der Waals surface area (Å²) in [4.78, 5) is 4.41. The number of ether oxygens (including phenoxy) is 1. The van der Waals surface area contributed by atoms with Crippen molar-refractivity contribution < 1.29 is 9.13 Å². The summed E-state index contributed by atoms with van der Waals surface area (Å²) in [5.41, 5.74) is 0.926. The maximum absolute atomic E-state index is 14.3. The summed E-state index contributed by atoms with van der Waals surface area (Å²) in [6.45, 7) is 8.41. The van der Waals surface area contributed by atoms with Crippen LogP contribution < -0.4 is 0 Å². The lowest BCUT2D eigenvalue weighted by molar-refractivity contribution is 0.279. The van der Waals surface area contributed by atoms with Gasteiger partial charge in [0, 0.05) is 0 Å². The van der Waals surface area contributed by atoms with Crippen LogP contribution in [0.2, 0.25) is 0 Å². The smallest absolute Gasteiger partial charge is 0.219 e. The molecule has 0 unspecified atom stereocenters. The van der Waals surface area contributed by atoms with Crippen LogP contribution in [0.15, 0.2) is 23.2 Å². The van der Waals surface area contributed by atoms with Crippen LogP contribution in [-0.2, 0) is 4.74 Å². The van der Waals surface area contributed by atoms with Crippen molar-refractivity contribution in [3.05, 3.63) is 35.1 Å². The molecule has 0 spiro atoms. The van der Waals surface area contributed by atoms with Crippen LogP contribution in [0.25, 0.3) is 0 Å². The molecule has 1 aromatic rings. The predicted molar refractivity (Wildman–Crippen MR) is 67.1 cm³/mol. The lowest BCUT2D eigenvalue weighted by Crippen LogP contribution is -2.17. The highest BCUT2D eigenvalue weighted by molar-refractivity contribution is 5.95. The first-order valence-corrected chi connectivity index (χ1v) is 5.92. The van der Waals surface area contributed by atoms with Crippen molar-refractivity contribution in [3.63, 3.8) is 0 Å². The first-order chi connectivity index (χ1) is 7.91. The largest absolute Gasteiger partial charge is 0.475 e. The zero-order chi connectivity index (χ0) is 12.6. The number of nitrogens with zero attached hydrogens (tertiary/aromatic N) is 1. The van der Waals surface area contributed by atoms with Crippen molar-refractivity contribution in [2.45, 2.75) is 39.2 Å². The van der Waals surface area contributed by atoms with Crippen molar-refractivity contribution in [3.8, 4) is 0 Å². The fourth-order valence-electron chi connectivity index (χ4n) is 1.88. The van der Waals surface area contributed by atoms with Crippen molar-refractivity contribution in [2.24, 2.45) is 4.99 Å². The lowest BCUT2D eigenvalue weighted by atomic mass is 10.00. The second kappa shape index (κ2) is 4.13. The van der Waals surface area contributed by atoms with E-state index in [0.717, 1.165) is 0 Å². The lowest BCUT2D eigenvalue weighted by Gasteiger charge is -2.10. The molecule has 1 aliphatic heterocycles. The molecule has 0 saturated carbocycles. The fourth-order valence-corrected chi connectivity index (χ4v) is 1.88. The Morgan fingerprint density at radius 3 is 2.59 bits per heavy atom. The van der Waals surface area contributed by atoms with Crippen LogP contribution in [0.5, 0.6) is 0 Å². The predicted octanol–water partition coefficient (Wildman–Crippen LogP) is 3.50. The molecule has 3 heteroatoms. The minimum absolute atomic E-state index is 0.157. The zero-order valence-electron chi connectivity index (χ0n) is 10.7. The fraction of sp³-hybridized carbons (Fsp3) is 0.500. The van der Waals surface area contributed by atoms with Gasteiger partial charge in [-0.1, -0.05) is 26.0 Å². The maximum Gasteiger partial charge on any atom is 0.219 e. The summed E-state index contributed by atoms with van der Waals surface area (Å²) in [5, 5.41) is 0. The molecule has 1 heterocycles. The highest BCUT2D eigenvalue weighted by atomic mass is 19.1. The van der Waals surface area contributed by atoms with Crippen LogP contribution in [0.3, 0.4) is 0 Å².